The van der Waals surface area contributed by atoms with Gasteiger partial charge >= 0.3 is 0 Å². The van der Waals surface area contributed by atoms with Gasteiger partial charge in [0.1, 0.15) is 5.82 Å². The molecule has 0 bridgehead atoms. The van der Waals surface area contributed by atoms with Crippen molar-refractivity contribution in [1.82, 2.24) is 15.3 Å². The zero-order valence-corrected chi connectivity index (χ0v) is 9.75. The van der Waals surface area contributed by atoms with Crippen molar-refractivity contribution in [2.24, 2.45) is 5.41 Å². The lowest BCUT2D eigenvalue weighted by Crippen LogP contribution is -2.20. The lowest BCUT2D eigenvalue weighted by molar-refractivity contribution is 0.366. The van der Waals surface area contributed by atoms with E-state index in [2.05, 4.69) is 36.1 Å². The van der Waals surface area contributed by atoms with E-state index in [1.165, 1.54) is 0 Å². The van der Waals surface area contributed by atoms with Crippen molar-refractivity contribution in [2.45, 2.75) is 33.7 Å². The molecule has 0 saturated carbocycles. The van der Waals surface area contributed by atoms with E-state index in [4.69, 9.17) is 5.73 Å². The molecule has 1 aromatic rings. The summed E-state index contributed by atoms with van der Waals surface area (Å²) < 4.78 is 0. The van der Waals surface area contributed by atoms with Crippen LogP contribution in [0.2, 0.25) is 0 Å². The summed E-state index contributed by atoms with van der Waals surface area (Å²) in [5.41, 5.74) is 6.75. The maximum atomic E-state index is 5.44. The Balaban J connectivity index is 2.23. The van der Waals surface area contributed by atoms with Gasteiger partial charge in [-0.25, -0.2) is 4.98 Å². The van der Waals surface area contributed by atoms with E-state index in [1.807, 2.05) is 0 Å². The number of nitrogen functional groups attached to an aromatic ring is 1. The first-order valence-electron chi connectivity index (χ1n) is 5.24. The van der Waals surface area contributed by atoms with Crippen LogP contribution in [0.4, 0.5) is 5.82 Å². The Hall–Kier alpha value is -1.16. The zero-order valence-electron chi connectivity index (χ0n) is 9.75. The third kappa shape index (κ3) is 5.32. The van der Waals surface area contributed by atoms with E-state index >= 15 is 0 Å². The minimum absolute atomic E-state index is 0.375. The molecule has 4 nitrogen and oxygen atoms in total. The standard InChI is InChI=1S/C11H20N4/c1-11(2,3)4-5-13-6-9-7-15-10(12)8-14-9/h7-8,13H,4-6H2,1-3H3,(H2,12,15). The number of hydrogen-bond acceptors (Lipinski definition) is 4. The Morgan fingerprint density at radius 2 is 2.00 bits per heavy atom. The first-order valence-corrected chi connectivity index (χ1v) is 5.24. The van der Waals surface area contributed by atoms with Crippen molar-refractivity contribution < 1.29 is 0 Å². The van der Waals surface area contributed by atoms with Crippen molar-refractivity contribution in [3.05, 3.63) is 18.1 Å². The number of nitrogens with zero attached hydrogens (tertiary/aromatic N) is 2. The summed E-state index contributed by atoms with van der Waals surface area (Å²) in [4.78, 5) is 8.14. The Kier molecular flexibility index (Phi) is 4.03. The number of anilines is 1. The lowest BCUT2D eigenvalue weighted by atomic mass is 9.92. The molecular weight excluding hydrogens is 188 g/mol. The van der Waals surface area contributed by atoms with E-state index in [0.717, 1.165) is 25.2 Å². The summed E-state index contributed by atoms with van der Waals surface area (Å²) in [6.45, 7) is 8.45. The highest BCUT2D eigenvalue weighted by Crippen LogP contribution is 2.16. The fraction of sp³-hybridized carbons (Fsp3) is 0.636. The molecule has 15 heavy (non-hydrogen) atoms. The molecule has 0 aliphatic heterocycles. The van der Waals surface area contributed by atoms with Crippen LogP contribution in [0.1, 0.15) is 32.9 Å². The summed E-state index contributed by atoms with van der Waals surface area (Å²) in [5.74, 6) is 0.466. The molecular formula is C11H20N4. The van der Waals surface area contributed by atoms with Gasteiger partial charge in [0.05, 0.1) is 18.1 Å². The third-order valence-electron chi connectivity index (χ3n) is 2.08. The van der Waals surface area contributed by atoms with E-state index in [0.29, 0.717) is 11.2 Å². The summed E-state index contributed by atoms with van der Waals surface area (Å²) in [6, 6.07) is 0. The minimum Gasteiger partial charge on any atom is -0.382 e. The van der Waals surface area contributed by atoms with Gasteiger partial charge in [-0.15, -0.1) is 0 Å². The molecule has 0 aromatic carbocycles. The Labute approximate surface area is 91.3 Å². The van der Waals surface area contributed by atoms with Gasteiger partial charge in [-0.1, -0.05) is 20.8 Å². The van der Waals surface area contributed by atoms with Crippen molar-refractivity contribution >= 4 is 5.82 Å². The van der Waals surface area contributed by atoms with Crippen molar-refractivity contribution in [2.75, 3.05) is 12.3 Å². The highest BCUT2D eigenvalue weighted by Gasteiger charge is 2.08. The second-order valence-electron chi connectivity index (χ2n) is 4.92. The summed E-state index contributed by atoms with van der Waals surface area (Å²) in [6.07, 6.45) is 4.44. The largest absolute Gasteiger partial charge is 0.382 e. The SMILES string of the molecule is CC(C)(C)CCNCc1cnc(N)cn1. The molecule has 1 rings (SSSR count). The number of nitrogens with two attached hydrogens (primary N) is 1. The third-order valence-corrected chi connectivity index (χ3v) is 2.08. The topological polar surface area (TPSA) is 63.8 Å². The highest BCUT2D eigenvalue weighted by atomic mass is 14.9. The normalized spacial score (nSPS) is 11.7. The average Bonchev–Trinajstić information content (AvgIpc) is 2.14. The molecule has 0 saturated heterocycles. The maximum absolute atomic E-state index is 5.44. The molecule has 1 heterocycles. The lowest BCUT2D eigenvalue weighted by Gasteiger charge is -2.17. The molecule has 0 atom stereocenters. The second-order valence-corrected chi connectivity index (χ2v) is 4.92. The monoisotopic (exact) mass is 208 g/mol. The van der Waals surface area contributed by atoms with Crippen molar-refractivity contribution in [3.63, 3.8) is 0 Å². The maximum Gasteiger partial charge on any atom is 0.141 e. The second kappa shape index (κ2) is 5.07. The van der Waals surface area contributed by atoms with Crippen LogP contribution in [0, 0.1) is 5.41 Å². The van der Waals surface area contributed by atoms with Crippen LogP contribution in [0.5, 0.6) is 0 Å². The van der Waals surface area contributed by atoms with Gasteiger partial charge in [0.25, 0.3) is 0 Å². The van der Waals surface area contributed by atoms with E-state index < -0.39 is 0 Å². The smallest absolute Gasteiger partial charge is 0.141 e. The number of aromatic nitrogens is 2. The fourth-order valence-electron chi connectivity index (χ4n) is 1.14. The predicted octanol–water partition coefficient (Wildman–Crippen LogP) is 1.58. The molecule has 0 spiro atoms. The summed E-state index contributed by atoms with van der Waals surface area (Å²) >= 11 is 0. The van der Waals surface area contributed by atoms with Crippen LogP contribution in [-0.2, 0) is 6.54 Å². The Morgan fingerprint density at radius 1 is 1.27 bits per heavy atom. The van der Waals surface area contributed by atoms with Gasteiger partial charge in [0, 0.05) is 6.54 Å². The van der Waals surface area contributed by atoms with Crippen LogP contribution in [0.15, 0.2) is 12.4 Å². The van der Waals surface area contributed by atoms with Crippen LogP contribution in [0.3, 0.4) is 0 Å². The quantitative estimate of drug-likeness (QED) is 0.737. The molecule has 0 radical (unpaired) electrons. The first kappa shape index (κ1) is 11.9. The molecule has 84 valence electrons. The summed E-state index contributed by atoms with van der Waals surface area (Å²) in [7, 11) is 0. The zero-order chi connectivity index (χ0) is 11.3. The molecule has 1 aromatic heterocycles. The number of hydrogen-bond donors (Lipinski definition) is 2. The van der Waals surface area contributed by atoms with Gasteiger partial charge in [0.15, 0.2) is 0 Å². The van der Waals surface area contributed by atoms with E-state index in [-0.39, 0.29) is 0 Å². The molecule has 3 N–H and O–H groups in total. The molecule has 4 heteroatoms. The van der Waals surface area contributed by atoms with E-state index in [9.17, 15) is 0 Å². The average molecular weight is 208 g/mol. The highest BCUT2D eigenvalue weighted by molar-refractivity contribution is 5.22. The van der Waals surface area contributed by atoms with Crippen molar-refractivity contribution in [1.29, 1.82) is 0 Å². The molecule has 0 aliphatic rings. The van der Waals surface area contributed by atoms with Crippen molar-refractivity contribution in [3.8, 4) is 0 Å². The van der Waals surface area contributed by atoms with Gasteiger partial charge in [-0.2, -0.15) is 0 Å². The fourth-order valence-corrected chi connectivity index (χ4v) is 1.14. The number of rotatable bonds is 4. The van der Waals surface area contributed by atoms with Crippen LogP contribution < -0.4 is 11.1 Å². The molecule has 0 amide bonds. The van der Waals surface area contributed by atoms with Crippen LogP contribution in [0.25, 0.3) is 0 Å². The van der Waals surface area contributed by atoms with Crippen LogP contribution >= 0.6 is 0 Å². The van der Waals surface area contributed by atoms with Gasteiger partial charge < -0.3 is 11.1 Å². The molecule has 0 aliphatic carbocycles. The van der Waals surface area contributed by atoms with Crippen LogP contribution in [-0.4, -0.2) is 16.5 Å². The predicted molar refractivity (Wildman–Crippen MR) is 62.2 cm³/mol. The molecule has 0 fully saturated rings. The first-order chi connectivity index (χ1) is 6.97. The molecule has 0 unspecified atom stereocenters. The van der Waals surface area contributed by atoms with Gasteiger partial charge in [-0.05, 0) is 18.4 Å². The minimum atomic E-state index is 0.375. The van der Waals surface area contributed by atoms with E-state index in [1.54, 1.807) is 12.4 Å². The Morgan fingerprint density at radius 3 is 2.53 bits per heavy atom. The number of nitrogens with one attached hydrogen (secondary N) is 1. The van der Waals surface area contributed by atoms with Gasteiger partial charge in [-0.3, -0.25) is 4.98 Å². The Bertz CT molecular complexity index is 286. The summed E-state index contributed by atoms with van der Waals surface area (Å²) in [5, 5.41) is 3.33. The van der Waals surface area contributed by atoms with Gasteiger partial charge in [0.2, 0.25) is 0 Å².